The second kappa shape index (κ2) is 10.6. The zero-order chi connectivity index (χ0) is 17.7. The van der Waals surface area contributed by atoms with E-state index in [1.54, 1.807) is 24.3 Å². The van der Waals surface area contributed by atoms with E-state index in [2.05, 4.69) is 21.1 Å². The van der Waals surface area contributed by atoms with E-state index in [9.17, 15) is 9.59 Å². The molecule has 0 fully saturated rings. The Balaban J connectivity index is 1.48. The molecule has 0 unspecified atom stereocenters. The summed E-state index contributed by atoms with van der Waals surface area (Å²) in [6.45, 7) is 0. The number of hydrazone groups is 2. The molecule has 0 saturated heterocycles. The Morgan fingerprint density at radius 3 is 1.72 bits per heavy atom. The van der Waals surface area contributed by atoms with Crippen LogP contribution in [0.4, 0.5) is 0 Å². The van der Waals surface area contributed by atoms with Crippen LogP contribution in [0.15, 0.2) is 55.8 Å². The standard InChI is InChI=1S/C17H20N4O4/c22-16(20-18-12-14-6-4-10-24-14)8-2-1-3-9-17(23)21-19-13-15-7-5-11-25-15/h4-7,10-13H,1-3,8-9H2,(H,20,22)(H,21,23)/b18-12+,19-13+. The van der Waals surface area contributed by atoms with Crippen LogP contribution in [0.1, 0.15) is 43.6 Å². The number of amides is 2. The molecule has 25 heavy (non-hydrogen) atoms. The second-order valence-electron chi connectivity index (χ2n) is 5.18. The number of hydrogen-bond acceptors (Lipinski definition) is 6. The summed E-state index contributed by atoms with van der Waals surface area (Å²) in [4.78, 5) is 23.1. The zero-order valence-electron chi connectivity index (χ0n) is 13.7. The average Bonchev–Trinajstić information content (AvgIpc) is 3.28. The number of rotatable bonds is 10. The molecule has 0 spiro atoms. The highest BCUT2D eigenvalue weighted by Crippen LogP contribution is 2.03. The van der Waals surface area contributed by atoms with Crippen molar-refractivity contribution in [1.82, 2.24) is 10.9 Å². The highest BCUT2D eigenvalue weighted by Gasteiger charge is 2.02. The van der Waals surface area contributed by atoms with Gasteiger partial charge in [-0.25, -0.2) is 10.9 Å². The molecule has 2 rings (SSSR count). The Kier molecular flexibility index (Phi) is 7.70. The van der Waals surface area contributed by atoms with E-state index in [4.69, 9.17) is 8.83 Å². The van der Waals surface area contributed by atoms with Gasteiger partial charge in [-0.05, 0) is 37.1 Å². The zero-order valence-corrected chi connectivity index (χ0v) is 13.7. The minimum atomic E-state index is -0.171. The van der Waals surface area contributed by atoms with Crippen LogP contribution in [-0.4, -0.2) is 24.2 Å². The van der Waals surface area contributed by atoms with Gasteiger partial charge in [-0.2, -0.15) is 10.2 Å². The molecule has 8 heteroatoms. The van der Waals surface area contributed by atoms with E-state index in [0.29, 0.717) is 37.2 Å². The molecule has 8 nitrogen and oxygen atoms in total. The molecule has 0 atom stereocenters. The van der Waals surface area contributed by atoms with Gasteiger partial charge in [-0.3, -0.25) is 9.59 Å². The highest BCUT2D eigenvalue weighted by atomic mass is 16.3. The Bertz CT molecular complexity index is 630. The lowest BCUT2D eigenvalue weighted by molar-refractivity contribution is -0.121. The quantitative estimate of drug-likeness (QED) is 0.392. The van der Waals surface area contributed by atoms with Crippen LogP contribution in [0.2, 0.25) is 0 Å². The summed E-state index contributed by atoms with van der Waals surface area (Å²) >= 11 is 0. The van der Waals surface area contributed by atoms with Crippen LogP contribution >= 0.6 is 0 Å². The van der Waals surface area contributed by atoms with Crippen LogP contribution in [0, 0.1) is 0 Å². The molecular formula is C17H20N4O4. The van der Waals surface area contributed by atoms with Gasteiger partial charge >= 0.3 is 0 Å². The van der Waals surface area contributed by atoms with E-state index >= 15 is 0 Å². The monoisotopic (exact) mass is 344 g/mol. The number of hydrogen-bond donors (Lipinski definition) is 2. The van der Waals surface area contributed by atoms with Crippen LogP contribution in [-0.2, 0) is 9.59 Å². The maximum absolute atomic E-state index is 11.6. The van der Waals surface area contributed by atoms with Gasteiger partial charge in [0.25, 0.3) is 0 Å². The van der Waals surface area contributed by atoms with E-state index in [0.717, 1.165) is 6.42 Å². The van der Waals surface area contributed by atoms with Gasteiger partial charge in [0.2, 0.25) is 11.8 Å². The van der Waals surface area contributed by atoms with E-state index in [1.807, 2.05) is 0 Å². The SMILES string of the molecule is O=C(CCCCCC(=O)N/N=C/c1ccco1)N/N=C/c1ccco1. The maximum Gasteiger partial charge on any atom is 0.240 e. The summed E-state index contributed by atoms with van der Waals surface area (Å²) in [6, 6.07) is 6.95. The van der Waals surface area contributed by atoms with E-state index in [-0.39, 0.29) is 11.8 Å². The van der Waals surface area contributed by atoms with Gasteiger partial charge in [0.05, 0.1) is 25.0 Å². The summed E-state index contributed by atoms with van der Waals surface area (Å²) < 4.78 is 10.1. The largest absolute Gasteiger partial charge is 0.463 e. The third-order valence-electron chi connectivity index (χ3n) is 3.16. The van der Waals surface area contributed by atoms with Crippen molar-refractivity contribution in [2.75, 3.05) is 0 Å². The second-order valence-corrected chi connectivity index (χ2v) is 5.18. The maximum atomic E-state index is 11.6. The topological polar surface area (TPSA) is 109 Å². The minimum Gasteiger partial charge on any atom is -0.463 e. The fraction of sp³-hybridized carbons (Fsp3) is 0.294. The number of nitrogens with one attached hydrogen (secondary N) is 2. The van der Waals surface area contributed by atoms with Gasteiger partial charge in [0.15, 0.2) is 0 Å². The van der Waals surface area contributed by atoms with Crippen LogP contribution in [0.25, 0.3) is 0 Å². The van der Waals surface area contributed by atoms with Gasteiger partial charge in [-0.1, -0.05) is 6.42 Å². The molecule has 0 aromatic carbocycles. The van der Waals surface area contributed by atoms with Gasteiger partial charge in [0.1, 0.15) is 11.5 Å². The third-order valence-corrected chi connectivity index (χ3v) is 3.16. The van der Waals surface area contributed by atoms with Crippen molar-refractivity contribution >= 4 is 24.2 Å². The number of unbranched alkanes of at least 4 members (excludes halogenated alkanes) is 2. The van der Waals surface area contributed by atoms with Crippen molar-refractivity contribution in [2.45, 2.75) is 32.1 Å². The summed E-state index contributed by atoms with van der Waals surface area (Å²) in [6.07, 6.45) is 8.78. The lowest BCUT2D eigenvalue weighted by Crippen LogP contribution is -2.18. The Morgan fingerprint density at radius 2 is 1.32 bits per heavy atom. The van der Waals surface area contributed by atoms with Crippen LogP contribution in [0.5, 0.6) is 0 Å². The molecule has 2 aromatic heterocycles. The van der Waals surface area contributed by atoms with E-state index < -0.39 is 0 Å². The predicted molar refractivity (Wildman–Crippen MR) is 92.0 cm³/mol. The van der Waals surface area contributed by atoms with Crippen molar-refractivity contribution in [3.8, 4) is 0 Å². The number of furan rings is 2. The van der Waals surface area contributed by atoms with Crippen molar-refractivity contribution in [1.29, 1.82) is 0 Å². The number of carbonyl (C=O) groups is 2. The van der Waals surface area contributed by atoms with E-state index in [1.165, 1.54) is 25.0 Å². The Labute approximate surface area is 145 Å². The normalized spacial score (nSPS) is 11.2. The molecule has 0 aliphatic rings. The van der Waals surface area contributed by atoms with Crippen molar-refractivity contribution in [3.63, 3.8) is 0 Å². The smallest absolute Gasteiger partial charge is 0.240 e. The van der Waals surface area contributed by atoms with Gasteiger partial charge in [0, 0.05) is 12.8 Å². The fourth-order valence-electron chi connectivity index (χ4n) is 1.92. The van der Waals surface area contributed by atoms with Crippen molar-refractivity contribution < 1.29 is 18.4 Å². The first-order valence-electron chi connectivity index (χ1n) is 7.95. The molecule has 2 aromatic rings. The first kappa shape index (κ1) is 18.2. The molecule has 2 heterocycles. The molecular weight excluding hydrogens is 324 g/mol. The minimum absolute atomic E-state index is 0.171. The molecule has 0 aliphatic heterocycles. The number of nitrogens with zero attached hydrogens (tertiary/aromatic N) is 2. The van der Waals surface area contributed by atoms with Gasteiger partial charge in [-0.15, -0.1) is 0 Å². The van der Waals surface area contributed by atoms with Crippen LogP contribution in [0.3, 0.4) is 0 Å². The Hall–Kier alpha value is -3.16. The fourth-order valence-corrected chi connectivity index (χ4v) is 1.92. The number of carbonyl (C=O) groups excluding carboxylic acids is 2. The summed E-state index contributed by atoms with van der Waals surface area (Å²) in [7, 11) is 0. The first-order valence-corrected chi connectivity index (χ1v) is 7.95. The van der Waals surface area contributed by atoms with Gasteiger partial charge < -0.3 is 8.83 Å². The molecule has 0 radical (unpaired) electrons. The third kappa shape index (κ3) is 7.78. The summed E-state index contributed by atoms with van der Waals surface area (Å²) in [5, 5.41) is 7.58. The lowest BCUT2D eigenvalue weighted by Gasteiger charge is -2.01. The Morgan fingerprint density at radius 1 is 0.840 bits per heavy atom. The molecule has 2 N–H and O–H groups in total. The highest BCUT2D eigenvalue weighted by molar-refractivity contribution is 5.80. The molecule has 0 bridgehead atoms. The average molecular weight is 344 g/mol. The summed E-state index contributed by atoms with van der Waals surface area (Å²) in [5.74, 6) is 0.799. The molecule has 132 valence electrons. The van der Waals surface area contributed by atoms with Crippen molar-refractivity contribution in [3.05, 3.63) is 48.3 Å². The summed E-state index contributed by atoms with van der Waals surface area (Å²) in [5.41, 5.74) is 4.85. The van der Waals surface area contributed by atoms with Crippen LogP contribution < -0.4 is 10.9 Å². The van der Waals surface area contributed by atoms with Crippen molar-refractivity contribution in [2.24, 2.45) is 10.2 Å². The lowest BCUT2D eigenvalue weighted by atomic mass is 10.1. The predicted octanol–water partition coefficient (Wildman–Crippen LogP) is 2.42. The molecule has 0 saturated carbocycles. The molecule has 2 amide bonds. The molecule has 0 aliphatic carbocycles. The first-order chi connectivity index (χ1) is 12.2.